The number of fused-ring (bicyclic) bond motifs is 3. The molecule has 10 rings (SSSR count). The Morgan fingerprint density at radius 1 is 0.388 bits per heavy atom. The quantitative estimate of drug-likeness (QED) is 0.183. The van der Waals surface area contributed by atoms with Gasteiger partial charge in [0.2, 0.25) is 0 Å². The monoisotopic (exact) mass is 625 g/mol. The van der Waals surface area contributed by atoms with Gasteiger partial charge in [-0.3, -0.25) is 0 Å². The SMILES string of the molecule is CC1(C)c2cc(-c3ccc4ccc5cccc6ccc3c4c56)ccc2-c2cccc(-c3nc(-c4ccccc4)nc(-c4ccccc4)n3)c21. The van der Waals surface area contributed by atoms with Crippen LogP contribution in [0.5, 0.6) is 0 Å². The van der Waals surface area contributed by atoms with Crippen molar-refractivity contribution in [3.05, 3.63) is 163 Å². The molecule has 0 unspecified atom stereocenters. The van der Waals surface area contributed by atoms with Crippen LogP contribution in [0, 0.1) is 0 Å². The van der Waals surface area contributed by atoms with E-state index >= 15 is 0 Å². The molecule has 0 N–H and O–H groups in total. The minimum Gasteiger partial charge on any atom is -0.208 e. The Kier molecular flexibility index (Phi) is 5.92. The smallest absolute Gasteiger partial charge is 0.164 e. The van der Waals surface area contributed by atoms with E-state index in [0.717, 1.165) is 16.7 Å². The maximum Gasteiger partial charge on any atom is 0.164 e. The molecule has 0 bridgehead atoms. The summed E-state index contributed by atoms with van der Waals surface area (Å²) in [5.41, 5.74) is 10.3. The lowest BCUT2D eigenvalue weighted by Crippen LogP contribution is -2.17. The second-order valence-electron chi connectivity index (χ2n) is 13.6. The van der Waals surface area contributed by atoms with Gasteiger partial charge >= 0.3 is 0 Å². The third-order valence-electron chi connectivity index (χ3n) is 10.5. The van der Waals surface area contributed by atoms with Gasteiger partial charge in [-0.1, -0.05) is 159 Å². The molecule has 49 heavy (non-hydrogen) atoms. The zero-order valence-corrected chi connectivity index (χ0v) is 27.3. The minimum absolute atomic E-state index is 0.284. The molecule has 8 aromatic carbocycles. The normalized spacial score (nSPS) is 13.3. The maximum atomic E-state index is 5.12. The molecular formula is C46H31N3. The molecule has 0 amide bonds. The molecule has 3 nitrogen and oxygen atoms in total. The van der Waals surface area contributed by atoms with Gasteiger partial charge in [0.25, 0.3) is 0 Å². The van der Waals surface area contributed by atoms with E-state index in [0.29, 0.717) is 17.5 Å². The van der Waals surface area contributed by atoms with Gasteiger partial charge in [0.1, 0.15) is 0 Å². The summed E-state index contributed by atoms with van der Waals surface area (Å²) >= 11 is 0. The first-order valence-electron chi connectivity index (χ1n) is 16.9. The fourth-order valence-electron chi connectivity index (χ4n) is 8.15. The van der Waals surface area contributed by atoms with Crippen molar-refractivity contribution < 1.29 is 0 Å². The summed E-state index contributed by atoms with van der Waals surface area (Å²) in [4.78, 5) is 15.2. The van der Waals surface area contributed by atoms with E-state index in [-0.39, 0.29) is 5.41 Å². The van der Waals surface area contributed by atoms with Gasteiger partial charge < -0.3 is 0 Å². The molecule has 0 saturated heterocycles. The van der Waals surface area contributed by atoms with Crippen molar-refractivity contribution in [3.8, 4) is 56.4 Å². The Morgan fingerprint density at radius 3 is 1.63 bits per heavy atom. The number of hydrogen-bond acceptors (Lipinski definition) is 3. The first-order chi connectivity index (χ1) is 24.0. The van der Waals surface area contributed by atoms with Crippen LogP contribution >= 0.6 is 0 Å². The van der Waals surface area contributed by atoms with Crippen molar-refractivity contribution in [2.45, 2.75) is 19.3 Å². The zero-order valence-electron chi connectivity index (χ0n) is 27.3. The lowest BCUT2D eigenvalue weighted by Gasteiger charge is -2.24. The average Bonchev–Trinajstić information content (AvgIpc) is 3.40. The summed E-state index contributed by atoms with van der Waals surface area (Å²) in [5, 5.41) is 7.84. The maximum absolute atomic E-state index is 5.12. The molecule has 0 radical (unpaired) electrons. The van der Waals surface area contributed by atoms with Crippen molar-refractivity contribution in [3.63, 3.8) is 0 Å². The largest absolute Gasteiger partial charge is 0.208 e. The average molecular weight is 626 g/mol. The third-order valence-corrected chi connectivity index (χ3v) is 10.5. The molecule has 3 heteroatoms. The van der Waals surface area contributed by atoms with Crippen molar-refractivity contribution in [1.29, 1.82) is 0 Å². The fraction of sp³-hybridized carbons (Fsp3) is 0.0652. The van der Waals surface area contributed by atoms with E-state index in [9.17, 15) is 0 Å². The topological polar surface area (TPSA) is 38.7 Å². The summed E-state index contributed by atoms with van der Waals surface area (Å²) in [7, 11) is 0. The molecule has 1 heterocycles. The van der Waals surface area contributed by atoms with E-state index in [2.05, 4.69) is 129 Å². The van der Waals surface area contributed by atoms with E-state index in [4.69, 9.17) is 15.0 Å². The lowest BCUT2D eigenvalue weighted by molar-refractivity contribution is 0.661. The summed E-state index contributed by atoms with van der Waals surface area (Å²) in [5.74, 6) is 2.04. The van der Waals surface area contributed by atoms with Crippen LogP contribution in [0.1, 0.15) is 25.0 Å². The van der Waals surface area contributed by atoms with Crippen LogP contribution in [-0.4, -0.2) is 15.0 Å². The lowest BCUT2D eigenvalue weighted by atomic mass is 9.79. The second kappa shape index (κ2) is 10.4. The number of aromatic nitrogens is 3. The molecule has 1 aliphatic rings. The van der Waals surface area contributed by atoms with Gasteiger partial charge in [-0.2, -0.15) is 0 Å². The van der Waals surface area contributed by atoms with Crippen LogP contribution in [0.3, 0.4) is 0 Å². The summed E-state index contributed by atoms with van der Waals surface area (Å²) in [6.45, 7) is 4.68. The molecule has 0 atom stereocenters. The number of rotatable bonds is 4. The van der Waals surface area contributed by atoms with E-state index in [1.807, 2.05) is 36.4 Å². The van der Waals surface area contributed by atoms with Crippen LogP contribution < -0.4 is 0 Å². The fourth-order valence-corrected chi connectivity index (χ4v) is 8.15. The summed E-state index contributed by atoms with van der Waals surface area (Å²) < 4.78 is 0. The molecule has 1 aliphatic carbocycles. The van der Waals surface area contributed by atoms with Crippen molar-refractivity contribution in [2.24, 2.45) is 0 Å². The molecule has 0 saturated carbocycles. The van der Waals surface area contributed by atoms with Gasteiger partial charge in [-0.15, -0.1) is 0 Å². The van der Waals surface area contributed by atoms with Gasteiger partial charge in [-0.05, 0) is 71.8 Å². The van der Waals surface area contributed by atoms with E-state index in [1.54, 1.807) is 0 Å². The Hall–Kier alpha value is -6.19. The van der Waals surface area contributed by atoms with Crippen molar-refractivity contribution >= 4 is 32.3 Å². The van der Waals surface area contributed by atoms with Crippen LogP contribution in [0.2, 0.25) is 0 Å². The predicted octanol–water partition coefficient (Wildman–Crippen LogP) is 11.7. The Morgan fingerprint density at radius 2 is 0.939 bits per heavy atom. The van der Waals surface area contributed by atoms with Crippen molar-refractivity contribution in [2.75, 3.05) is 0 Å². The molecule has 1 aromatic heterocycles. The Labute approximate surface area is 284 Å². The highest BCUT2D eigenvalue weighted by molar-refractivity contribution is 6.25. The first kappa shape index (κ1) is 27.9. The second-order valence-corrected chi connectivity index (χ2v) is 13.6. The number of hydrogen-bond donors (Lipinski definition) is 0. The molecule has 0 fully saturated rings. The van der Waals surface area contributed by atoms with Gasteiger partial charge in [0.15, 0.2) is 17.5 Å². The third kappa shape index (κ3) is 4.19. The summed E-state index contributed by atoms with van der Waals surface area (Å²) in [6.07, 6.45) is 0. The predicted molar refractivity (Wildman–Crippen MR) is 203 cm³/mol. The Bertz CT molecular complexity index is 2650. The van der Waals surface area contributed by atoms with Crippen LogP contribution in [-0.2, 0) is 5.41 Å². The van der Waals surface area contributed by atoms with Gasteiger partial charge in [0, 0.05) is 22.1 Å². The highest BCUT2D eigenvalue weighted by Crippen LogP contribution is 2.53. The van der Waals surface area contributed by atoms with Crippen LogP contribution in [0.25, 0.3) is 88.7 Å². The molecule has 230 valence electrons. The van der Waals surface area contributed by atoms with Gasteiger partial charge in [-0.25, -0.2) is 15.0 Å². The van der Waals surface area contributed by atoms with Gasteiger partial charge in [0.05, 0.1) is 0 Å². The Balaban J connectivity index is 1.15. The minimum atomic E-state index is -0.284. The highest BCUT2D eigenvalue weighted by Gasteiger charge is 2.38. The first-order valence-corrected chi connectivity index (χ1v) is 16.9. The molecule has 9 aromatic rings. The summed E-state index contributed by atoms with van der Waals surface area (Å²) in [6, 6.07) is 54.2. The van der Waals surface area contributed by atoms with Crippen molar-refractivity contribution in [1.82, 2.24) is 15.0 Å². The number of nitrogens with zero attached hydrogens (tertiary/aromatic N) is 3. The zero-order chi connectivity index (χ0) is 32.7. The highest BCUT2D eigenvalue weighted by atomic mass is 15.0. The van der Waals surface area contributed by atoms with E-state index in [1.165, 1.54) is 65.7 Å². The van der Waals surface area contributed by atoms with Crippen LogP contribution in [0.15, 0.2) is 152 Å². The molecule has 0 aliphatic heterocycles. The van der Waals surface area contributed by atoms with Crippen LogP contribution in [0.4, 0.5) is 0 Å². The standard InChI is InChI=1S/C46H31N3/c1-46(2)39-27-33(34-24-21-30-20-19-28-15-9-16-29-22-26-36(34)41(30)40(28)29)23-25-35(39)37-17-10-18-38(42(37)46)45-48-43(31-11-5-3-6-12-31)47-44(49-45)32-13-7-4-8-14-32/h3-27H,1-2H3. The number of benzene rings is 8. The van der Waals surface area contributed by atoms with E-state index < -0.39 is 0 Å². The molecular weight excluding hydrogens is 595 g/mol. The molecule has 0 spiro atoms.